The highest BCUT2D eigenvalue weighted by Gasteiger charge is 2.03. The molecule has 0 aromatic heterocycles. The van der Waals surface area contributed by atoms with E-state index < -0.39 is 11.2 Å². The Labute approximate surface area is 89.2 Å². The number of aryl methyl sites for hydroxylation is 1. The van der Waals surface area contributed by atoms with Crippen LogP contribution in [0, 0.1) is 12.3 Å². The fourth-order valence-electron chi connectivity index (χ4n) is 1.16. The van der Waals surface area contributed by atoms with Crippen LogP contribution in [0.4, 0.5) is 0 Å². The lowest BCUT2D eigenvalue weighted by molar-refractivity contribution is 0.606. The molecule has 1 N–H and O–H groups in total. The van der Waals surface area contributed by atoms with E-state index in [1.165, 1.54) is 5.56 Å². The number of halogens is 1. The van der Waals surface area contributed by atoms with Gasteiger partial charge in [-0.2, -0.15) is 0 Å². The van der Waals surface area contributed by atoms with Crippen LogP contribution in [0.3, 0.4) is 0 Å². The molecule has 0 saturated heterocycles. The number of hydrogen-bond donors (Lipinski definition) is 1. The van der Waals surface area contributed by atoms with Gasteiger partial charge in [0.2, 0.25) is 0 Å². The van der Waals surface area contributed by atoms with E-state index in [0.29, 0.717) is 0 Å². The standard InChI is InChI=1S/C9H12BrNOS/c1-7-4-8(5-10)2-3-9(7)13(12)6-11/h2-4,6,11H,5,13H2,1H3. The average molecular weight is 262 g/mol. The fourth-order valence-corrected chi connectivity index (χ4v) is 2.38. The molecule has 0 aliphatic carbocycles. The fraction of sp³-hybridized carbons (Fsp3) is 0.222. The minimum atomic E-state index is -1.98. The third kappa shape index (κ3) is 2.56. The lowest BCUT2D eigenvalue weighted by Crippen LogP contribution is -2.03. The van der Waals surface area contributed by atoms with Crippen LogP contribution in [0.25, 0.3) is 0 Å². The maximum atomic E-state index is 11.4. The van der Waals surface area contributed by atoms with Gasteiger partial charge in [0.25, 0.3) is 0 Å². The highest BCUT2D eigenvalue weighted by atomic mass is 79.9. The highest BCUT2D eigenvalue weighted by molar-refractivity contribution is 9.08. The predicted octanol–water partition coefficient (Wildman–Crippen LogP) is 2.07. The Bertz CT molecular complexity index is 316. The van der Waals surface area contributed by atoms with Gasteiger partial charge < -0.3 is 4.55 Å². The van der Waals surface area contributed by atoms with Crippen molar-refractivity contribution < 1.29 is 4.55 Å². The zero-order valence-electron chi connectivity index (χ0n) is 7.30. The number of benzene rings is 1. The van der Waals surface area contributed by atoms with Gasteiger partial charge in [-0.25, -0.2) is 11.2 Å². The first-order valence-electron chi connectivity index (χ1n) is 3.89. The first-order valence-corrected chi connectivity index (χ1v) is 6.50. The predicted molar refractivity (Wildman–Crippen MR) is 61.8 cm³/mol. The SMILES string of the molecule is Cc1cc(CBr)ccc1[SH2+]([O-])C=N. The van der Waals surface area contributed by atoms with Crippen molar-refractivity contribution in [1.29, 1.82) is 5.41 Å². The van der Waals surface area contributed by atoms with Crippen molar-refractivity contribution in [2.45, 2.75) is 17.1 Å². The summed E-state index contributed by atoms with van der Waals surface area (Å²) in [6.07, 6.45) is 0. The van der Waals surface area contributed by atoms with E-state index in [9.17, 15) is 4.55 Å². The average Bonchev–Trinajstić information content (AvgIpc) is 2.16. The van der Waals surface area contributed by atoms with Crippen LogP contribution in [-0.2, 0) is 16.5 Å². The van der Waals surface area contributed by atoms with Crippen molar-refractivity contribution >= 4 is 32.7 Å². The second kappa shape index (κ2) is 4.79. The third-order valence-electron chi connectivity index (χ3n) is 1.84. The Morgan fingerprint density at radius 1 is 1.62 bits per heavy atom. The molecule has 2 nitrogen and oxygen atoms in total. The summed E-state index contributed by atoms with van der Waals surface area (Å²) in [6.45, 7) is 1.92. The molecule has 0 bridgehead atoms. The van der Waals surface area contributed by atoms with Crippen molar-refractivity contribution in [1.82, 2.24) is 0 Å². The molecule has 0 saturated carbocycles. The second-order valence-electron chi connectivity index (χ2n) is 2.79. The molecule has 0 atom stereocenters. The molecule has 1 rings (SSSR count). The van der Waals surface area contributed by atoms with E-state index in [-0.39, 0.29) is 0 Å². The van der Waals surface area contributed by atoms with Crippen LogP contribution in [0.1, 0.15) is 11.1 Å². The third-order valence-corrected chi connectivity index (χ3v) is 3.84. The molecule has 4 heteroatoms. The molecule has 0 unspecified atom stereocenters. The van der Waals surface area contributed by atoms with E-state index >= 15 is 0 Å². The Hall–Kier alpha value is -0.320. The van der Waals surface area contributed by atoms with Crippen LogP contribution in [-0.4, -0.2) is 10.1 Å². The Kier molecular flexibility index (Phi) is 3.96. The Morgan fingerprint density at radius 2 is 2.31 bits per heavy atom. The molecule has 0 aliphatic rings. The molecule has 13 heavy (non-hydrogen) atoms. The van der Waals surface area contributed by atoms with Gasteiger partial charge in [0.15, 0.2) is 0 Å². The van der Waals surface area contributed by atoms with Crippen molar-refractivity contribution in [3.8, 4) is 0 Å². The molecular formula is C9H12BrNOS. The topological polar surface area (TPSA) is 46.9 Å². The molecule has 0 aliphatic heterocycles. The number of nitrogens with one attached hydrogen (secondary N) is 1. The molecule has 1 aromatic carbocycles. The summed E-state index contributed by atoms with van der Waals surface area (Å²) in [4.78, 5) is 0.796. The van der Waals surface area contributed by atoms with E-state index in [1.807, 2.05) is 25.1 Å². The van der Waals surface area contributed by atoms with Crippen molar-refractivity contribution in [3.05, 3.63) is 29.3 Å². The summed E-state index contributed by atoms with van der Waals surface area (Å²) < 4.78 is 11.4. The van der Waals surface area contributed by atoms with Crippen LogP contribution < -0.4 is 0 Å². The molecule has 0 fully saturated rings. The lowest BCUT2D eigenvalue weighted by atomic mass is 10.2. The van der Waals surface area contributed by atoms with Crippen LogP contribution in [0.5, 0.6) is 0 Å². The summed E-state index contributed by atoms with van der Waals surface area (Å²) >= 11 is 1.37. The largest absolute Gasteiger partial charge is 0.679 e. The molecular weight excluding hydrogens is 250 g/mol. The lowest BCUT2D eigenvalue weighted by Gasteiger charge is -2.17. The first-order chi connectivity index (χ1) is 6.19. The quantitative estimate of drug-likeness (QED) is 0.385. The summed E-state index contributed by atoms with van der Waals surface area (Å²) in [7, 11) is 0. The highest BCUT2D eigenvalue weighted by Crippen LogP contribution is 2.18. The number of hydrogen-bond acceptors (Lipinski definition) is 2. The summed E-state index contributed by atoms with van der Waals surface area (Å²) in [5, 5.41) is 7.75. The molecule has 1 aromatic rings. The van der Waals surface area contributed by atoms with Crippen molar-refractivity contribution in [2.24, 2.45) is 0 Å². The summed E-state index contributed by atoms with van der Waals surface area (Å²) in [6, 6.07) is 5.78. The molecule has 0 radical (unpaired) electrons. The normalized spacial score (nSPS) is 11.2. The summed E-state index contributed by atoms with van der Waals surface area (Å²) in [5.41, 5.74) is 3.20. The zero-order valence-corrected chi connectivity index (χ0v) is 9.89. The molecule has 0 amide bonds. The minimum absolute atomic E-state index is 0.796. The summed E-state index contributed by atoms with van der Waals surface area (Å²) in [5.74, 6) is 0. The van der Waals surface area contributed by atoms with E-state index in [4.69, 9.17) is 5.41 Å². The van der Waals surface area contributed by atoms with E-state index in [0.717, 1.165) is 21.3 Å². The molecule has 0 heterocycles. The maximum Gasteiger partial charge on any atom is 0.125 e. The maximum absolute atomic E-state index is 11.4. The van der Waals surface area contributed by atoms with Gasteiger partial charge in [-0.05, 0) is 24.1 Å². The van der Waals surface area contributed by atoms with Crippen LogP contribution >= 0.6 is 15.9 Å². The number of rotatable bonds is 3. The number of alkyl halides is 1. The zero-order chi connectivity index (χ0) is 9.84. The first kappa shape index (κ1) is 10.8. The van der Waals surface area contributed by atoms with E-state index in [2.05, 4.69) is 15.9 Å². The van der Waals surface area contributed by atoms with Gasteiger partial charge in [0, 0.05) is 5.33 Å². The Balaban J connectivity index is 3.04. The second-order valence-corrected chi connectivity index (χ2v) is 4.91. The van der Waals surface area contributed by atoms with Crippen molar-refractivity contribution in [3.63, 3.8) is 0 Å². The van der Waals surface area contributed by atoms with Gasteiger partial charge in [-0.3, -0.25) is 5.41 Å². The van der Waals surface area contributed by atoms with Crippen LogP contribution in [0.2, 0.25) is 0 Å². The molecule has 0 spiro atoms. The van der Waals surface area contributed by atoms with E-state index in [1.54, 1.807) is 0 Å². The van der Waals surface area contributed by atoms with Gasteiger partial charge in [-0.15, -0.1) is 0 Å². The van der Waals surface area contributed by atoms with Gasteiger partial charge in [0.05, 0.1) is 4.90 Å². The monoisotopic (exact) mass is 261 g/mol. The van der Waals surface area contributed by atoms with Gasteiger partial charge in [-0.1, -0.05) is 28.1 Å². The minimum Gasteiger partial charge on any atom is -0.679 e. The molecule has 72 valence electrons. The smallest absolute Gasteiger partial charge is 0.125 e. The van der Waals surface area contributed by atoms with Crippen molar-refractivity contribution in [2.75, 3.05) is 0 Å². The van der Waals surface area contributed by atoms with Gasteiger partial charge in [0.1, 0.15) is 5.55 Å². The van der Waals surface area contributed by atoms with Gasteiger partial charge >= 0.3 is 0 Å². The van der Waals surface area contributed by atoms with Crippen LogP contribution in [0.15, 0.2) is 23.1 Å². The Morgan fingerprint density at radius 3 is 2.77 bits per heavy atom.